The molecule has 0 aliphatic rings. The maximum absolute atomic E-state index is 4.49. The molecule has 5 nitrogen and oxygen atoms in total. The van der Waals surface area contributed by atoms with Crippen LogP contribution < -0.4 is 10.6 Å². The summed E-state index contributed by atoms with van der Waals surface area (Å²) in [6.45, 7) is 11.1. The maximum atomic E-state index is 4.49. The van der Waals surface area contributed by atoms with Crippen molar-refractivity contribution in [2.45, 2.75) is 46.6 Å². The fourth-order valence-electron chi connectivity index (χ4n) is 2.90. The van der Waals surface area contributed by atoms with Gasteiger partial charge in [-0.15, -0.1) is 0 Å². The molecule has 1 unspecified atom stereocenters. The molecule has 0 saturated heterocycles. The fourth-order valence-corrected chi connectivity index (χ4v) is 2.90. The maximum Gasteiger partial charge on any atom is 0.190 e. The second-order valence-electron chi connectivity index (χ2n) is 6.70. The van der Waals surface area contributed by atoms with Gasteiger partial charge in [-0.3, -0.25) is 9.67 Å². The zero-order chi connectivity index (χ0) is 18.2. The van der Waals surface area contributed by atoms with E-state index < -0.39 is 0 Å². The summed E-state index contributed by atoms with van der Waals surface area (Å²) in [5.74, 6) is 1.29. The number of hydrogen-bond acceptors (Lipinski definition) is 2. The van der Waals surface area contributed by atoms with Crippen molar-refractivity contribution >= 4 is 5.96 Å². The summed E-state index contributed by atoms with van der Waals surface area (Å²) in [5, 5.41) is 11.3. The Morgan fingerprint density at radius 3 is 2.64 bits per heavy atom. The van der Waals surface area contributed by atoms with Gasteiger partial charge in [0.25, 0.3) is 0 Å². The first-order valence-electron chi connectivity index (χ1n) is 9.01. The topological polar surface area (TPSA) is 54.2 Å². The van der Waals surface area contributed by atoms with Crippen LogP contribution in [0.15, 0.2) is 35.3 Å². The van der Waals surface area contributed by atoms with Crippen LogP contribution in [-0.4, -0.2) is 35.9 Å². The highest BCUT2D eigenvalue weighted by Crippen LogP contribution is 2.15. The summed E-state index contributed by atoms with van der Waals surface area (Å²) in [7, 11) is 1.81. The largest absolute Gasteiger partial charge is 0.356 e. The van der Waals surface area contributed by atoms with Gasteiger partial charge in [0, 0.05) is 32.4 Å². The summed E-state index contributed by atoms with van der Waals surface area (Å²) in [6.07, 6.45) is 1.01. The number of rotatable bonds is 7. The van der Waals surface area contributed by atoms with Crippen LogP contribution in [0.4, 0.5) is 0 Å². The monoisotopic (exact) mass is 341 g/mol. The molecule has 1 aromatic carbocycles. The van der Waals surface area contributed by atoms with E-state index in [0.29, 0.717) is 5.92 Å². The predicted molar refractivity (Wildman–Crippen MR) is 105 cm³/mol. The lowest BCUT2D eigenvalue weighted by atomic mass is 9.99. The van der Waals surface area contributed by atoms with Gasteiger partial charge in [-0.2, -0.15) is 5.10 Å². The van der Waals surface area contributed by atoms with E-state index >= 15 is 0 Å². The van der Waals surface area contributed by atoms with E-state index in [1.807, 2.05) is 14.0 Å². The highest BCUT2D eigenvalue weighted by Gasteiger charge is 2.07. The molecule has 2 rings (SSSR count). The molecule has 0 aliphatic carbocycles. The standard InChI is InChI=1S/C20H31N5/c1-15-8-6-9-19(12-15)16(2)14-23-20(21-5)22-10-7-11-25-18(4)13-17(3)24-25/h6,8-9,12-13,16H,7,10-11,14H2,1-5H3,(H2,21,22,23). The lowest BCUT2D eigenvalue weighted by Crippen LogP contribution is -2.39. The van der Waals surface area contributed by atoms with Crippen molar-refractivity contribution in [2.24, 2.45) is 4.99 Å². The smallest absolute Gasteiger partial charge is 0.190 e. The number of benzene rings is 1. The predicted octanol–water partition coefficient (Wildman–Crippen LogP) is 3.17. The van der Waals surface area contributed by atoms with Gasteiger partial charge in [0.2, 0.25) is 0 Å². The molecule has 25 heavy (non-hydrogen) atoms. The van der Waals surface area contributed by atoms with Crippen molar-refractivity contribution < 1.29 is 0 Å². The van der Waals surface area contributed by atoms with Crippen molar-refractivity contribution in [3.05, 3.63) is 52.8 Å². The molecule has 0 spiro atoms. The molecule has 0 radical (unpaired) electrons. The zero-order valence-corrected chi connectivity index (χ0v) is 16.1. The van der Waals surface area contributed by atoms with Gasteiger partial charge in [-0.05, 0) is 44.7 Å². The molecular formula is C20H31N5. The highest BCUT2D eigenvalue weighted by atomic mass is 15.3. The Morgan fingerprint density at radius 2 is 2.00 bits per heavy atom. The van der Waals surface area contributed by atoms with Crippen LogP contribution in [-0.2, 0) is 6.54 Å². The molecule has 0 amide bonds. The number of nitrogens with zero attached hydrogens (tertiary/aromatic N) is 3. The summed E-state index contributed by atoms with van der Waals surface area (Å²) < 4.78 is 2.06. The van der Waals surface area contributed by atoms with Crippen LogP contribution in [0.2, 0.25) is 0 Å². The quantitative estimate of drug-likeness (QED) is 0.462. The molecule has 0 bridgehead atoms. The minimum absolute atomic E-state index is 0.438. The van der Waals surface area contributed by atoms with Crippen LogP contribution in [0.3, 0.4) is 0 Å². The third-order valence-corrected chi connectivity index (χ3v) is 4.35. The van der Waals surface area contributed by atoms with Crippen LogP contribution in [0.5, 0.6) is 0 Å². The molecule has 1 heterocycles. The Labute approximate surface area is 151 Å². The average Bonchev–Trinajstić information content (AvgIpc) is 2.91. The van der Waals surface area contributed by atoms with E-state index in [1.54, 1.807) is 0 Å². The molecule has 0 fully saturated rings. The van der Waals surface area contributed by atoms with Crippen molar-refractivity contribution in [3.8, 4) is 0 Å². The van der Waals surface area contributed by atoms with Crippen molar-refractivity contribution in [2.75, 3.05) is 20.1 Å². The molecule has 5 heteroatoms. The number of aliphatic imine (C=N–C) groups is 1. The molecule has 2 aromatic rings. The highest BCUT2D eigenvalue weighted by molar-refractivity contribution is 5.79. The number of guanidine groups is 1. The van der Waals surface area contributed by atoms with Crippen LogP contribution in [0, 0.1) is 20.8 Å². The third-order valence-electron chi connectivity index (χ3n) is 4.35. The Hall–Kier alpha value is -2.30. The van der Waals surface area contributed by atoms with E-state index in [9.17, 15) is 0 Å². The lowest BCUT2D eigenvalue weighted by molar-refractivity contribution is 0.554. The second kappa shape index (κ2) is 9.25. The van der Waals surface area contributed by atoms with Crippen molar-refractivity contribution in [1.82, 2.24) is 20.4 Å². The van der Waals surface area contributed by atoms with Crippen LogP contribution >= 0.6 is 0 Å². The van der Waals surface area contributed by atoms with Crippen LogP contribution in [0.25, 0.3) is 0 Å². The van der Waals surface area contributed by atoms with Gasteiger partial charge in [-0.25, -0.2) is 0 Å². The van der Waals surface area contributed by atoms with Gasteiger partial charge < -0.3 is 10.6 Å². The summed E-state index contributed by atoms with van der Waals surface area (Å²) in [6, 6.07) is 10.8. The van der Waals surface area contributed by atoms with E-state index in [1.165, 1.54) is 16.8 Å². The second-order valence-corrected chi connectivity index (χ2v) is 6.70. The summed E-state index contributed by atoms with van der Waals surface area (Å²) in [4.78, 5) is 4.31. The minimum atomic E-state index is 0.438. The van der Waals surface area contributed by atoms with Gasteiger partial charge in [-0.1, -0.05) is 36.8 Å². The average molecular weight is 342 g/mol. The number of aromatic nitrogens is 2. The third kappa shape index (κ3) is 5.93. The molecule has 1 aromatic heterocycles. The zero-order valence-electron chi connectivity index (χ0n) is 16.1. The first-order valence-corrected chi connectivity index (χ1v) is 9.01. The first kappa shape index (κ1) is 19.0. The Bertz CT molecular complexity index is 702. The van der Waals surface area contributed by atoms with Crippen molar-refractivity contribution in [1.29, 1.82) is 0 Å². The van der Waals surface area contributed by atoms with Crippen LogP contribution in [0.1, 0.15) is 41.8 Å². The normalized spacial score (nSPS) is 12.9. The Morgan fingerprint density at radius 1 is 1.20 bits per heavy atom. The van der Waals surface area contributed by atoms with E-state index in [2.05, 4.69) is 76.5 Å². The number of hydrogen-bond donors (Lipinski definition) is 2. The van der Waals surface area contributed by atoms with Crippen molar-refractivity contribution in [3.63, 3.8) is 0 Å². The molecule has 1 atom stereocenters. The summed E-state index contributed by atoms with van der Waals surface area (Å²) in [5.41, 5.74) is 4.95. The van der Waals surface area contributed by atoms with Gasteiger partial charge in [0.1, 0.15) is 0 Å². The molecule has 0 saturated carbocycles. The Balaban J connectivity index is 1.72. The molecule has 136 valence electrons. The Kier molecular flexibility index (Phi) is 7.04. The minimum Gasteiger partial charge on any atom is -0.356 e. The van der Waals surface area contributed by atoms with Gasteiger partial charge >= 0.3 is 0 Å². The first-order chi connectivity index (χ1) is 12.0. The molecule has 2 N–H and O–H groups in total. The van der Waals surface area contributed by atoms with E-state index in [4.69, 9.17) is 0 Å². The molecular weight excluding hydrogens is 310 g/mol. The van der Waals surface area contributed by atoms with E-state index in [0.717, 1.165) is 37.7 Å². The molecule has 0 aliphatic heterocycles. The van der Waals surface area contributed by atoms with Gasteiger partial charge in [0.05, 0.1) is 5.69 Å². The number of nitrogens with one attached hydrogen (secondary N) is 2. The fraction of sp³-hybridized carbons (Fsp3) is 0.500. The lowest BCUT2D eigenvalue weighted by Gasteiger charge is -2.17. The SMILES string of the molecule is CN=C(NCCCn1nc(C)cc1C)NCC(C)c1cccc(C)c1. The van der Waals surface area contributed by atoms with E-state index in [-0.39, 0.29) is 0 Å². The summed E-state index contributed by atoms with van der Waals surface area (Å²) >= 11 is 0. The van der Waals surface area contributed by atoms with Gasteiger partial charge in [0.15, 0.2) is 5.96 Å². The number of aryl methyl sites for hydroxylation is 4.